The molecule has 0 radical (unpaired) electrons. The summed E-state index contributed by atoms with van der Waals surface area (Å²) in [6.45, 7) is 5.73. The Morgan fingerprint density at radius 2 is 1.74 bits per heavy atom. The zero-order valence-electron chi connectivity index (χ0n) is 15.1. The Kier molecular flexibility index (Phi) is 7.45. The average molecular weight is 420 g/mol. The molecule has 0 spiro atoms. The molecular weight excluding hydrogens is 396 g/mol. The molecule has 0 atom stereocenters. The molecule has 1 aliphatic rings. The van der Waals surface area contributed by atoms with Crippen LogP contribution in [0.3, 0.4) is 0 Å². The molecule has 0 bridgehead atoms. The first kappa shape index (κ1) is 23.8. The maximum Gasteiger partial charge on any atom is 0.431 e. The summed E-state index contributed by atoms with van der Waals surface area (Å²) in [5.74, 6) is -5.74. The van der Waals surface area contributed by atoms with Gasteiger partial charge in [-0.2, -0.15) is 26.0 Å². The first-order valence-electron chi connectivity index (χ1n) is 8.38. The lowest BCUT2D eigenvalue weighted by molar-refractivity contribution is -0.171. The van der Waals surface area contributed by atoms with E-state index in [-0.39, 0.29) is 11.5 Å². The molecule has 0 amide bonds. The molecule has 6 nitrogen and oxygen atoms in total. The fourth-order valence-electron chi connectivity index (χ4n) is 2.82. The summed E-state index contributed by atoms with van der Waals surface area (Å²) in [6.07, 6.45) is 1.53. The van der Waals surface area contributed by atoms with Crippen LogP contribution in [0, 0.1) is 5.92 Å². The second-order valence-electron chi connectivity index (χ2n) is 6.92. The van der Waals surface area contributed by atoms with Gasteiger partial charge in [-0.25, -0.2) is 4.79 Å². The molecule has 0 aliphatic heterocycles. The molecule has 1 saturated carbocycles. The lowest BCUT2D eigenvalue weighted by atomic mass is 9.88. The Hall–Kier alpha value is -1.20. The molecule has 0 unspecified atom stereocenters. The van der Waals surface area contributed by atoms with Crippen LogP contribution in [-0.4, -0.2) is 48.9 Å². The van der Waals surface area contributed by atoms with Gasteiger partial charge in [0.1, 0.15) is 5.60 Å². The van der Waals surface area contributed by atoms with Crippen molar-refractivity contribution in [1.82, 2.24) is 0 Å². The number of ether oxygens (including phenoxy) is 2. The van der Waals surface area contributed by atoms with E-state index in [0.717, 1.165) is 12.8 Å². The van der Waals surface area contributed by atoms with Gasteiger partial charge in [-0.15, -0.1) is 0 Å². The van der Waals surface area contributed by atoms with Crippen LogP contribution in [0.15, 0.2) is 12.2 Å². The van der Waals surface area contributed by atoms with Gasteiger partial charge in [0.25, 0.3) is 0 Å². The van der Waals surface area contributed by atoms with E-state index in [2.05, 4.69) is 6.58 Å². The second-order valence-corrected chi connectivity index (χ2v) is 8.38. The highest BCUT2D eigenvalue weighted by molar-refractivity contribution is 7.87. The number of carbonyl (C=O) groups excluding carboxylic acids is 1. The van der Waals surface area contributed by atoms with E-state index in [0.29, 0.717) is 12.8 Å². The monoisotopic (exact) mass is 420 g/mol. The number of hydrogen-bond acceptors (Lipinski definition) is 5. The SMILES string of the molecule is C=C(COCCC(F)(F)C(F)(F)S(=O)(=O)O)C(=O)OC1(C(C)C)CCCC1. The lowest BCUT2D eigenvalue weighted by Crippen LogP contribution is -2.47. The summed E-state index contributed by atoms with van der Waals surface area (Å²) in [6, 6.07) is 0. The summed E-state index contributed by atoms with van der Waals surface area (Å²) in [5, 5.41) is -5.65. The normalized spacial score (nSPS) is 17.9. The number of alkyl halides is 4. The van der Waals surface area contributed by atoms with Crippen LogP contribution in [0.2, 0.25) is 0 Å². The fraction of sp³-hybridized carbons (Fsp3) is 0.812. The number of carbonyl (C=O) groups is 1. The van der Waals surface area contributed by atoms with Crippen LogP contribution < -0.4 is 0 Å². The maximum atomic E-state index is 13.3. The Morgan fingerprint density at radius 3 is 2.19 bits per heavy atom. The smallest absolute Gasteiger partial charge is 0.431 e. The first-order valence-corrected chi connectivity index (χ1v) is 9.82. The van der Waals surface area contributed by atoms with Crippen LogP contribution >= 0.6 is 0 Å². The quantitative estimate of drug-likeness (QED) is 0.191. The number of hydrogen-bond donors (Lipinski definition) is 1. The molecule has 0 aromatic rings. The lowest BCUT2D eigenvalue weighted by Gasteiger charge is -2.33. The minimum Gasteiger partial charge on any atom is -0.455 e. The van der Waals surface area contributed by atoms with Crippen molar-refractivity contribution < 1.29 is 44.8 Å². The Balaban J connectivity index is 2.52. The highest BCUT2D eigenvalue weighted by atomic mass is 32.2. The van der Waals surface area contributed by atoms with E-state index < -0.39 is 52.5 Å². The molecule has 1 N–H and O–H groups in total. The average Bonchev–Trinajstić information content (AvgIpc) is 2.99. The number of esters is 1. The number of halogens is 4. The van der Waals surface area contributed by atoms with E-state index in [9.17, 15) is 30.8 Å². The molecule has 0 aromatic heterocycles. The second kappa shape index (κ2) is 8.44. The van der Waals surface area contributed by atoms with Gasteiger partial charge in [0, 0.05) is 6.42 Å². The van der Waals surface area contributed by atoms with E-state index in [1.54, 1.807) is 0 Å². The van der Waals surface area contributed by atoms with Gasteiger partial charge in [0.05, 0.1) is 18.8 Å². The summed E-state index contributed by atoms with van der Waals surface area (Å²) in [5.41, 5.74) is -0.795. The molecule has 27 heavy (non-hydrogen) atoms. The Labute approximate surface area is 155 Å². The van der Waals surface area contributed by atoms with Crippen molar-refractivity contribution in [1.29, 1.82) is 0 Å². The van der Waals surface area contributed by atoms with Gasteiger partial charge in [0.2, 0.25) is 0 Å². The molecular formula is C16H24F4O6S. The summed E-state index contributed by atoms with van der Waals surface area (Å²) < 4.78 is 91.9. The van der Waals surface area contributed by atoms with Gasteiger partial charge in [-0.1, -0.05) is 20.4 Å². The van der Waals surface area contributed by atoms with Crippen molar-refractivity contribution in [3.63, 3.8) is 0 Å². The third kappa shape index (κ3) is 5.41. The van der Waals surface area contributed by atoms with Crippen molar-refractivity contribution >= 4 is 16.1 Å². The van der Waals surface area contributed by atoms with Crippen LogP contribution in [0.25, 0.3) is 0 Å². The zero-order valence-corrected chi connectivity index (χ0v) is 16.0. The predicted molar refractivity (Wildman–Crippen MR) is 88.1 cm³/mol. The highest BCUT2D eigenvalue weighted by Crippen LogP contribution is 2.41. The molecule has 1 rings (SSSR count). The Bertz CT molecular complexity index is 654. The van der Waals surface area contributed by atoms with Gasteiger partial charge in [-0.05, 0) is 31.6 Å². The molecule has 1 aliphatic carbocycles. The maximum absolute atomic E-state index is 13.3. The van der Waals surface area contributed by atoms with E-state index in [1.807, 2.05) is 13.8 Å². The summed E-state index contributed by atoms with van der Waals surface area (Å²) >= 11 is 0. The Morgan fingerprint density at radius 1 is 1.22 bits per heavy atom. The third-order valence-corrected chi connectivity index (χ3v) is 5.62. The topological polar surface area (TPSA) is 89.9 Å². The number of rotatable bonds is 10. The zero-order chi connectivity index (χ0) is 21.1. The summed E-state index contributed by atoms with van der Waals surface area (Å²) in [4.78, 5) is 12.1. The third-order valence-electron chi connectivity index (χ3n) is 4.67. The van der Waals surface area contributed by atoms with Crippen LogP contribution in [-0.2, 0) is 24.4 Å². The van der Waals surface area contributed by atoms with Gasteiger partial charge in [-0.3, -0.25) is 4.55 Å². The van der Waals surface area contributed by atoms with Crippen molar-refractivity contribution in [3.05, 3.63) is 12.2 Å². The van der Waals surface area contributed by atoms with Crippen LogP contribution in [0.4, 0.5) is 17.6 Å². The van der Waals surface area contributed by atoms with E-state index in [4.69, 9.17) is 14.0 Å². The molecule has 1 fully saturated rings. The molecule has 0 aromatic carbocycles. The van der Waals surface area contributed by atoms with Crippen molar-refractivity contribution in [3.8, 4) is 0 Å². The van der Waals surface area contributed by atoms with E-state index in [1.165, 1.54) is 0 Å². The first-order chi connectivity index (χ1) is 12.2. The highest BCUT2D eigenvalue weighted by Gasteiger charge is 2.65. The van der Waals surface area contributed by atoms with Crippen LogP contribution in [0.5, 0.6) is 0 Å². The molecule has 0 heterocycles. The van der Waals surface area contributed by atoms with Crippen molar-refractivity contribution in [2.45, 2.75) is 62.7 Å². The largest absolute Gasteiger partial charge is 0.455 e. The van der Waals surface area contributed by atoms with E-state index >= 15 is 0 Å². The van der Waals surface area contributed by atoms with Gasteiger partial charge >= 0.3 is 27.3 Å². The molecule has 158 valence electrons. The molecule has 0 saturated heterocycles. The fourth-order valence-corrected chi connectivity index (χ4v) is 3.30. The minimum atomic E-state index is -6.29. The summed E-state index contributed by atoms with van der Waals surface area (Å²) in [7, 11) is -6.29. The standard InChI is InChI=1S/C16H24F4O6S/c1-11(2)14(6-4-5-7-14)26-13(21)12(3)10-25-9-8-15(17,18)16(19,20)27(22,23)24/h11H,3-10H2,1-2H3,(H,22,23,24). The van der Waals surface area contributed by atoms with Gasteiger partial charge < -0.3 is 9.47 Å². The predicted octanol–water partition coefficient (Wildman–Crippen LogP) is 3.58. The van der Waals surface area contributed by atoms with Crippen molar-refractivity contribution in [2.75, 3.05) is 13.2 Å². The van der Waals surface area contributed by atoms with Crippen LogP contribution in [0.1, 0.15) is 46.0 Å². The van der Waals surface area contributed by atoms with Gasteiger partial charge in [0.15, 0.2) is 0 Å². The molecule has 11 heteroatoms. The van der Waals surface area contributed by atoms with Crippen molar-refractivity contribution in [2.24, 2.45) is 5.92 Å². The minimum absolute atomic E-state index is 0.0685.